The van der Waals surface area contributed by atoms with E-state index in [1.807, 2.05) is 0 Å². The lowest BCUT2D eigenvalue weighted by Crippen LogP contribution is -2.51. The molecule has 3 fully saturated rings. The van der Waals surface area contributed by atoms with Crippen LogP contribution in [-0.4, -0.2) is 23.4 Å². The van der Waals surface area contributed by atoms with Gasteiger partial charge in [0.25, 0.3) is 0 Å². The Balaban J connectivity index is 1.51. The highest BCUT2D eigenvalue weighted by molar-refractivity contribution is 5.81. The van der Waals surface area contributed by atoms with Crippen molar-refractivity contribution in [1.29, 1.82) is 0 Å². The minimum Gasteiger partial charge on any atom is -0.335 e. The summed E-state index contributed by atoms with van der Waals surface area (Å²) in [6, 6.07) is 0.531. The molecule has 2 unspecified atom stereocenters. The number of nitrogens with zero attached hydrogens (tertiary/aromatic N) is 1. The van der Waals surface area contributed by atoms with Gasteiger partial charge in [-0.3, -0.25) is 4.79 Å². The molecule has 122 valence electrons. The summed E-state index contributed by atoms with van der Waals surface area (Å²) in [5.74, 6) is 2.48. The molecule has 5 aliphatic carbocycles. The number of amides is 1. The second-order valence-corrected chi connectivity index (χ2v) is 8.85. The van der Waals surface area contributed by atoms with Crippen LogP contribution in [0.1, 0.15) is 71.6 Å². The Labute approximate surface area is 135 Å². The fourth-order valence-corrected chi connectivity index (χ4v) is 5.20. The molecular weight excluding hydrogens is 270 g/mol. The van der Waals surface area contributed by atoms with E-state index in [1.165, 1.54) is 44.9 Å². The highest BCUT2D eigenvalue weighted by Crippen LogP contribution is 2.59. The molecule has 1 amide bonds. The molecule has 2 nitrogen and oxygen atoms in total. The van der Waals surface area contributed by atoms with Gasteiger partial charge in [0, 0.05) is 18.5 Å². The van der Waals surface area contributed by atoms with Crippen LogP contribution in [0.15, 0.2) is 11.6 Å². The molecule has 0 aliphatic heterocycles. The van der Waals surface area contributed by atoms with Gasteiger partial charge in [-0.1, -0.05) is 44.8 Å². The molecular formula is C20H31NO. The maximum absolute atomic E-state index is 12.9. The molecule has 0 saturated heterocycles. The number of carbonyl (C=O) groups is 1. The maximum atomic E-state index is 12.9. The van der Waals surface area contributed by atoms with Crippen LogP contribution in [0.5, 0.6) is 0 Å². The molecule has 22 heavy (non-hydrogen) atoms. The molecule has 2 bridgehead atoms. The Hall–Kier alpha value is -0.790. The summed E-state index contributed by atoms with van der Waals surface area (Å²) in [6.07, 6.45) is 13.8. The van der Waals surface area contributed by atoms with Crippen molar-refractivity contribution in [2.75, 3.05) is 6.54 Å². The Kier molecular flexibility index (Phi) is 3.62. The van der Waals surface area contributed by atoms with E-state index >= 15 is 0 Å². The first-order chi connectivity index (χ1) is 10.6. The average Bonchev–Trinajstić information content (AvgIpc) is 3.37. The summed E-state index contributed by atoms with van der Waals surface area (Å²) in [5.41, 5.74) is 2.07. The van der Waals surface area contributed by atoms with Crippen LogP contribution in [0.25, 0.3) is 0 Å². The van der Waals surface area contributed by atoms with Crippen molar-refractivity contribution >= 4 is 5.91 Å². The quantitative estimate of drug-likeness (QED) is 0.698. The topological polar surface area (TPSA) is 20.3 Å². The monoisotopic (exact) mass is 301 g/mol. The van der Waals surface area contributed by atoms with Crippen molar-refractivity contribution in [2.24, 2.45) is 23.2 Å². The molecule has 0 radical (unpaired) electrons. The summed E-state index contributed by atoms with van der Waals surface area (Å²) in [5, 5.41) is 0. The first-order valence-corrected chi connectivity index (χ1v) is 9.57. The second kappa shape index (κ2) is 5.39. The lowest BCUT2D eigenvalue weighted by molar-refractivity contribution is -0.135. The maximum Gasteiger partial charge on any atom is 0.226 e. The highest BCUT2D eigenvalue weighted by Gasteiger charge is 2.51. The molecule has 0 aromatic heterocycles. The Morgan fingerprint density at radius 2 is 1.91 bits per heavy atom. The van der Waals surface area contributed by atoms with Crippen LogP contribution in [0, 0.1) is 23.2 Å². The van der Waals surface area contributed by atoms with Crippen LogP contribution in [0.2, 0.25) is 0 Å². The number of hydrogen-bond donors (Lipinski definition) is 0. The summed E-state index contributed by atoms with van der Waals surface area (Å²) in [6.45, 7) is 5.82. The van der Waals surface area contributed by atoms with Crippen LogP contribution in [0.3, 0.4) is 0 Å². The smallest absolute Gasteiger partial charge is 0.226 e. The van der Waals surface area contributed by atoms with Gasteiger partial charge in [-0.15, -0.1) is 0 Å². The van der Waals surface area contributed by atoms with E-state index in [2.05, 4.69) is 24.8 Å². The van der Waals surface area contributed by atoms with Crippen molar-refractivity contribution in [3.63, 3.8) is 0 Å². The number of carbonyl (C=O) groups excluding carboxylic acids is 1. The largest absolute Gasteiger partial charge is 0.335 e. The fraction of sp³-hybridized carbons (Fsp3) is 0.850. The second-order valence-electron chi connectivity index (χ2n) is 8.85. The van der Waals surface area contributed by atoms with Gasteiger partial charge < -0.3 is 4.90 Å². The van der Waals surface area contributed by atoms with Gasteiger partial charge >= 0.3 is 0 Å². The normalized spacial score (nSPS) is 33.8. The molecule has 5 rings (SSSR count). The van der Waals surface area contributed by atoms with E-state index in [1.54, 1.807) is 5.57 Å². The van der Waals surface area contributed by atoms with Crippen LogP contribution >= 0.6 is 0 Å². The molecule has 0 heterocycles. The van der Waals surface area contributed by atoms with Crippen molar-refractivity contribution in [1.82, 2.24) is 4.90 Å². The number of allylic oxidation sites excluding steroid dienone is 1. The van der Waals surface area contributed by atoms with Crippen LogP contribution < -0.4 is 0 Å². The lowest BCUT2D eigenvalue weighted by Gasteiger charge is -2.57. The molecule has 5 aliphatic rings. The first kappa shape index (κ1) is 14.8. The van der Waals surface area contributed by atoms with Gasteiger partial charge in [-0.05, 0) is 55.8 Å². The first-order valence-electron chi connectivity index (χ1n) is 9.57. The van der Waals surface area contributed by atoms with Crippen molar-refractivity contribution in [2.45, 2.75) is 77.7 Å². The summed E-state index contributed by atoms with van der Waals surface area (Å²) in [4.78, 5) is 15.2. The van der Waals surface area contributed by atoms with Gasteiger partial charge in [0.05, 0.1) is 0 Å². The van der Waals surface area contributed by atoms with E-state index in [0.717, 1.165) is 31.2 Å². The molecule has 2 atom stereocenters. The lowest BCUT2D eigenvalue weighted by atomic mass is 9.49. The predicted molar refractivity (Wildman–Crippen MR) is 89.4 cm³/mol. The number of fused-ring (bicyclic) bond motifs is 1. The van der Waals surface area contributed by atoms with Gasteiger partial charge in [-0.25, -0.2) is 0 Å². The third-order valence-electron chi connectivity index (χ3n) is 7.16. The van der Waals surface area contributed by atoms with Gasteiger partial charge in [-0.2, -0.15) is 0 Å². The van der Waals surface area contributed by atoms with Crippen molar-refractivity contribution in [3.8, 4) is 0 Å². The van der Waals surface area contributed by atoms with Gasteiger partial charge in [0.1, 0.15) is 0 Å². The Morgan fingerprint density at radius 3 is 2.50 bits per heavy atom. The summed E-state index contributed by atoms with van der Waals surface area (Å²) in [7, 11) is 0. The molecule has 3 saturated carbocycles. The van der Waals surface area contributed by atoms with Crippen molar-refractivity contribution in [3.05, 3.63) is 11.6 Å². The van der Waals surface area contributed by atoms with E-state index in [-0.39, 0.29) is 0 Å². The van der Waals surface area contributed by atoms with Crippen LogP contribution in [-0.2, 0) is 4.79 Å². The van der Waals surface area contributed by atoms with E-state index in [4.69, 9.17) is 0 Å². The van der Waals surface area contributed by atoms with E-state index in [9.17, 15) is 4.79 Å². The standard InChI is InChI=1S/C20H31NO/c1-20(2)16-11-10-15(18(20)12-16)13-21(19(22)14-8-9-14)17-6-4-3-5-7-17/h10,14,16-18H,3-9,11-13H2,1-2H3. The average molecular weight is 301 g/mol. The molecule has 2 heteroatoms. The SMILES string of the molecule is CC1(C)C2CC=C(CN(C(=O)C3CC3)C3CCCCC3)C1C2. The zero-order valence-corrected chi connectivity index (χ0v) is 14.3. The third kappa shape index (κ3) is 2.43. The summed E-state index contributed by atoms with van der Waals surface area (Å²) >= 11 is 0. The fourth-order valence-electron chi connectivity index (χ4n) is 5.20. The van der Waals surface area contributed by atoms with Gasteiger partial charge in [0.15, 0.2) is 0 Å². The number of rotatable bonds is 4. The zero-order valence-electron chi connectivity index (χ0n) is 14.3. The van der Waals surface area contributed by atoms with E-state index in [0.29, 0.717) is 23.3 Å². The highest BCUT2D eigenvalue weighted by atomic mass is 16.2. The van der Waals surface area contributed by atoms with Crippen molar-refractivity contribution < 1.29 is 4.79 Å². The van der Waals surface area contributed by atoms with Gasteiger partial charge in [0.2, 0.25) is 5.91 Å². The molecule has 0 N–H and O–H groups in total. The Morgan fingerprint density at radius 1 is 1.18 bits per heavy atom. The number of hydrogen-bond acceptors (Lipinski definition) is 1. The molecule has 0 aromatic rings. The predicted octanol–water partition coefficient (Wildman–Crippen LogP) is 4.55. The molecule has 0 aromatic carbocycles. The van der Waals surface area contributed by atoms with Crippen LogP contribution in [0.4, 0.5) is 0 Å². The van der Waals surface area contributed by atoms with E-state index < -0.39 is 0 Å². The zero-order chi connectivity index (χ0) is 15.3. The minimum atomic E-state index is 0.369. The third-order valence-corrected chi connectivity index (χ3v) is 7.16. The summed E-state index contributed by atoms with van der Waals surface area (Å²) < 4.78 is 0. The Bertz CT molecular complexity index is 482. The molecule has 0 spiro atoms. The minimum absolute atomic E-state index is 0.369.